The predicted octanol–water partition coefficient (Wildman–Crippen LogP) is 0.0610. The van der Waals surface area contributed by atoms with Crippen LogP contribution < -0.4 is 0 Å². The molecule has 1 rings (SSSR count). The molecular formula is C6H9BCl2O3. The SMILES string of the molecule is [B][C@@H]1O[C@H](COC)[C@@H](O)C1(Cl)Cl. The number of aliphatic hydroxyl groups is 1. The quantitative estimate of drug-likeness (QED) is 0.518. The molecule has 0 amide bonds. The Morgan fingerprint density at radius 2 is 2.25 bits per heavy atom. The van der Waals surface area contributed by atoms with Gasteiger partial charge in [0.25, 0.3) is 0 Å². The second-order valence-electron chi connectivity index (χ2n) is 2.67. The second-order valence-corrected chi connectivity index (χ2v) is 4.11. The minimum Gasteiger partial charge on any atom is -0.387 e. The van der Waals surface area contributed by atoms with E-state index in [0.717, 1.165) is 0 Å². The molecule has 2 radical (unpaired) electrons. The van der Waals surface area contributed by atoms with Crippen molar-refractivity contribution in [1.29, 1.82) is 0 Å². The van der Waals surface area contributed by atoms with Crippen LogP contribution in [0.2, 0.25) is 0 Å². The average Bonchev–Trinajstić information content (AvgIpc) is 2.17. The normalized spacial score (nSPS) is 40.2. The third kappa shape index (κ3) is 1.73. The molecule has 1 heterocycles. The van der Waals surface area contributed by atoms with Crippen molar-refractivity contribution in [3.05, 3.63) is 0 Å². The van der Waals surface area contributed by atoms with Gasteiger partial charge >= 0.3 is 0 Å². The molecule has 1 saturated heterocycles. The molecule has 0 unspecified atom stereocenters. The number of hydrogen-bond acceptors (Lipinski definition) is 3. The number of ether oxygens (including phenoxy) is 2. The van der Waals surface area contributed by atoms with Crippen LogP contribution in [0.4, 0.5) is 0 Å². The molecule has 3 atom stereocenters. The molecule has 0 saturated carbocycles. The molecule has 0 aliphatic carbocycles. The molecule has 0 aromatic heterocycles. The van der Waals surface area contributed by atoms with E-state index in [-0.39, 0.29) is 6.61 Å². The summed E-state index contributed by atoms with van der Waals surface area (Å²) in [5.41, 5.74) is 0. The lowest BCUT2D eigenvalue weighted by Crippen LogP contribution is -2.38. The first-order chi connectivity index (χ1) is 5.50. The Balaban J connectivity index is 2.63. The number of aliphatic hydroxyl groups excluding tert-OH is 1. The van der Waals surface area contributed by atoms with Crippen LogP contribution in [0.5, 0.6) is 0 Å². The molecule has 0 aromatic rings. The number of halogens is 2. The lowest BCUT2D eigenvalue weighted by atomic mass is 9.95. The van der Waals surface area contributed by atoms with E-state index in [0.29, 0.717) is 0 Å². The highest BCUT2D eigenvalue weighted by molar-refractivity contribution is 6.52. The van der Waals surface area contributed by atoms with E-state index in [1.54, 1.807) is 0 Å². The number of hydrogen-bond donors (Lipinski definition) is 1. The minimum absolute atomic E-state index is 0.218. The summed E-state index contributed by atoms with van der Waals surface area (Å²) in [7, 11) is 6.91. The molecule has 0 bridgehead atoms. The number of alkyl halides is 2. The van der Waals surface area contributed by atoms with Crippen molar-refractivity contribution in [2.45, 2.75) is 22.5 Å². The molecule has 0 aromatic carbocycles. The minimum atomic E-state index is -1.44. The van der Waals surface area contributed by atoms with E-state index in [9.17, 15) is 5.11 Å². The van der Waals surface area contributed by atoms with Gasteiger partial charge in [-0.1, -0.05) is 23.2 Å². The molecule has 12 heavy (non-hydrogen) atoms. The summed E-state index contributed by atoms with van der Waals surface area (Å²) in [6, 6.07) is -0.879. The van der Waals surface area contributed by atoms with Crippen LogP contribution >= 0.6 is 23.2 Å². The lowest BCUT2D eigenvalue weighted by Gasteiger charge is -2.20. The van der Waals surface area contributed by atoms with E-state index in [1.807, 2.05) is 0 Å². The maximum atomic E-state index is 9.47. The smallest absolute Gasteiger partial charge is 0.163 e. The standard InChI is InChI=1S/C6H9BCl2O3/c1-11-2-3-4(10)6(8,9)5(7)12-3/h3-5,10H,2H2,1H3/t3-,4-,5-/m1/s1. The summed E-state index contributed by atoms with van der Waals surface area (Å²) in [4.78, 5) is 0. The van der Waals surface area contributed by atoms with E-state index in [4.69, 9.17) is 40.5 Å². The molecule has 0 spiro atoms. The number of rotatable bonds is 2. The van der Waals surface area contributed by atoms with E-state index < -0.39 is 22.5 Å². The van der Waals surface area contributed by atoms with Crippen molar-refractivity contribution in [2.24, 2.45) is 0 Å². The topological polar surface area (TPSA) is 38.7 Å². The van der Waals surface area contributed by atoms with Crippen LogP contribution in [0.25, 0.3) is 0 Å². The van der Waals surface area contributed by atoms with Crippen LogP contribution in [-0.4, -0.2) is 49.2 Å². The molecule has 6 heteroatoms. The van der Waals surface area contributed by atoms with Gasteiger partial charge in [-0.15, -0.1) is 0 Å². The van der Waals surface area contributed by atoms with Crippen LogP contribution in [0.1, 0.15) is 0 Å². The van der Waals surface area contributed by atoms with Gasteiger partial charge in [-0.3, -0.25) is 0 Å². The van der Waals surface area contributed by atoms with Gasteiger partial charge in [0.1, 0.15) is 20.1 Å². The van der Waals surface area contributed by atoms with Crippen LogP contribution in [0, 0.1) is 0 Å². The summed E-state index contributed by atoms with van der Waals surface area (Å²) in [5, 5.41) is 9.47. The zero-order chi connectivity index (χ0) is 9.35. The van der Waals surface area contributed by atoms with Gasteiger partial charge in [-0.05, 0) is 0 Å². The Hall–Kier alpha value is 0.525. The molecular weight excluding hydrogens is 202 g/mol. The van der Waals surface area contributed by atoms with Gasteiger partial charge in [0.2, 0.25) is 0 Å². The Morgan fingerprint density at radius 1 is 1.67 bits per heavy atom. The summed E-state index contributed by atoms with van der Waals surface area (Å²) in [5.74, 6) is 0. The van der Waals surface area contributed by atoms with Gasteiger partial charge in [0.05, 0.1) is 12.6 Å². The highest BCUT2D eigenvalue weighted by Crippen LogP contribution is 2.39. The first kappa shape index (κ1) is 10.6. The Bertz CT molecular complexity index is 167. The molecule has 1 fully saturated rings. The summed E-state index contributed by atoms with van der Waals surface area (Å²) < 4.78 is 8.41. The van der Waals surface area contributed by atoms with Crippen molar-refractivity contribution in [2.75, 3.05) is 13.7 Å². The van der Waals surface area contributed by atoms with Crippen molar-refractivity contribution in [1.82, 2.24) is 0 Å². The zero-order valence-corrected chi connectivity index (χ0v) is 8.05. The van der Waals surface area contributed by atoms with Crippen molar-refractivity contribution >= 4 is 31.0 Å². The maximum Gasteiger partial charge on any atom is 0.163 e. The fourth-order valence-electron chi connectivity index (χ4n) is 1.06. The average molecular weight is 211 g/mol. The fourth-order valence-corrected chi connectivity index (χ4v) is 1.45. The van der Waals surface area contributed by atoms with Crippen LogP contribution in [-0.2, 0) is 9.47 Å². The van der Waals surface area contributed by atoms with Crippen molar-refractivity contribution in [3.63, 3.8) is 0 Å². The molecule has 1 aliphatic heterocycles. The molecule has 3 nitrogen and oxygen atoms in total. The fraction of sp³-hybridized carbons (Fsp3) is 1.00. The summed E-state index contributed by atoms with van der Waals surface area (Å²) in [6.07, 6.45) is -1.57. The van der Waals surface area contributed by atoms with Gasteiger partial charge in [0, 0.05) is 7.11 Å². The van der Waals surface area contributed by atoms with Crippen LogP contribution in [0.15, 0.2) is 0 Å². The maximum absolute atomic E-state index is 9.47. The second kappa shape index (κ2) is 3.72. The van der Waals surface area contributed by atoms with E-state index >= 15 is 0 Å². The van der Waals surface area contributed by atoms with E-state index in [2.05, 4.69) is 0 Å². The molecule has 68 valence electrons. The van der Waals surface area contributed by atoms with Crippen molar-refractivity contribution in [3.8, 4) is 0 Å². The van der Waals surface area contributed by atoms with Gasteiger partial charge in [-0.25, -0.2) is 0 Å². The third-order valence-corrected chi connectivity index (χ3v) is 2.66. The van der Waals surface area contributed by atoms with Gasteiger partial charge < -0.3 is 14.6 Å². The number of methoxy groups -OCH3 is 1. The Kier molecular flexibility index (Phi) is 3.29. The zero-order valence-electron chi connectivity index (χ0n) is 6.54. The first-order valence-electron chi connectivity index (χ1n) is 3.46. The summed E-state index contributed by atoms with van der Waals surface area (Å²) in [6.45, 7) is 0.218. The van der Waals surface area contributed by atoms with Crippen LogP contribution in [0.3, 0.4) is 0 Å². The third-order valence-electron chi connectivity index (χ3n) is 1.78. The Morgan fingerprint density at radius 3 is 2.58 bits per heavy atom. The summed E-state index contributed by atoms with van der Waals surface area (Å²) >= 11 is 11.4. The van der Waals surface area contributed by atoms with E-state index in [1.165, 1.54) is 7.11 Å². The highest BCUT2D eigenvalue weighted by Gasteiger charge is 2.51. The van der Waals surface area contributed by atoms with Gasteiger partial charge in [0.15, 0.2) is 4.33 Å². The first-order valence-corrected chi connectivity index (χ1v) is 4.21. The highest BCUT2D eigenvalue weighted by atomic mass is 35.5. The predicted molar refractivity (Wildman–Crippen MR) is 46.7 cm³/mol. The largest absolute Gasteiger partial charge is 0.387 e. The molecule has 1 N–H and O–H groups in total. The monoisotopic (exact) mass is 210 g/mol. The van der Waals surface area contributed by atoms with Gasteiger partial charge in [-0.2, -0.15) is 0 Å². The Labute approximate surface area is 82.3 Å². The lowest BCUT2D eigenvalue weighted by molar-refractivity contribution is -0.0175. The molecule has 1 aliphatic rings. The van der Waals surface area contributed by atoms with Crippen molar-refractivity contribution < 1.29 is 14.6 Å².